The number of hydrogen-bond donors (Lipinski definition) is 0. The van der Waals surface area contributed by atoms with Crippen LogP contribution >= 0.6 is 0 Å². The van der Waals surface area contributed by atoms with Crippen molar-refractivity contribution in [3.8, 4) is 17.1 Å². The van der Waals surface area contributed by atoms with Crippen molar-refractivity contribution in [3.05, 3.63) is 24.3 Å². The molecule has 0 fully saturated rings. The summed E-state index contributed by atoms with van der Waals surface area (Å²) >= 11 is 0. The van der Waals surface area contributed by atoms with Crippen molar-refractivity contribution in [2.24, 2.45) is 0 Å². The monoisotopic (exact) mass is 195 g/mol. The van der Waals surface area contributed by atoms with Gasteiger partial charge in [-0.1, -0.05) is 5.16 Å². The molecule has 0 aromatic carbocycles. The van der Waals surface area contributed by atoms with E-state index in [-0.39, 0.29) is 11.4 Å². The van der Waals surface area contributed by atoms with Crippen molar-refractivity contribution >= 4 is 0 Å². The van der Waals surface area contributed by atoms with E-state index in [1.54, 1.807) is 0 Å². The summed E-state index contributed by atoms with van der Waals surface area (Å²) in [5, 5.41) is 6.87. The van der Waals surface area contributed by atoms with Crippen LogP contribution in [0.15, 0.2) is 23.1 Å². The van der Waals surface area contributed by atoms with E-state index in [2.05, 4.69) is 19.9 Å². The third-order valence-corrected chi connectivity index (χ3v) is 1.67. The number of pyridine rings is 1. The molecule has 0 saturated carbocycles. The zero-order chi connectivity index (χ0) is 9.97. The second-order valence-corrected chi connectivity index (χ2v) is 2.50. The van der Waals surface area contributed by atoms with Crippen LogP contribution in [0.25, 0.3) is 11.3 Å². The number of ether oxygens (including phenoxy) is 1. The summed E-state index contributed by atoms with van der Waals surface area (Å²) < 4.78 is 22.5. The summed E-state index contributed by atoms with van der Waals surface area (Å²) in [5.74, 6) is -0.268. The Kier molecular flexibility index (Phi) is 2.10. The maximum absolute atomic E-state index is 13.4. The van der Waals surface area contributed by atoms with Crippen molar-refractivity contribution in [3.63, 3.8) is 0 Å². The van der Waals surface area contributed by atoms with E-state index in [4.69, 9.17) is 4.74 Å². The van der Waals surface area contributed by atoms with E-state index >= 15 is 0 Å². The van der Waals surface area contributed by atoms with Crippen LogP contribution in [0.3, 0.4) is 0 Å². The normalized spacial score (nSPS) is 10.1. The van der Waals surface area contributed by atoms with E-state index in [9.17, 15) is 4.39 Å². The average Bonchev–Trinajstić information content (AvgIpc) is 2.70. The molecule has 0 amide bonds. The summed E-state index contributed by atoms with van der Waals surface area (Å²) in [4.78, 5) is 3.84. The number of aromatic nitrogens is 3. The second kappa shape index (κ2) is 3.41. The van der Waals surface area contributed by atoms with Crippen molar-refractivity contribution in [1.82, 2.24) is 15.3 Å². The maximum atomic E-state index is 13.4. The summed E-state index contributed by atoms with van der Waals surface area (Å²) in [6.45, 7) is 0. The van der Waals surface area contributed by atoms with Gasteiger partial charge in [0.05, 0.1) is 18.9 Å². The Morgan fingerprint density at radius 3 is 2.86 bits per heavy atom. The Balaban J connectivity index is 2.46. The first kappa shape index (κ1) is 8.61. The van der Waals surface area contributed by atoms with Crippen LogP contribution in [0.1, 0.15) is 0 Å². The maximum Gasteiger partial charge on any atom is 0.215 e. The van der Waals surface area contributed by atoms with Crippen LogP contribution in [0.5, 0.6) is 5.88 Å². The number of hydrogen-bond acceptors (Lipinski definition) is 5. The molecule has 0 aliphatic heterocycles. The van der Waals surface area contributed by atoms with Gasteiger partial charge in [0.1, 0.15) is 11.5 Å². The van der Waals surface area contributed by atoms with E-state index in [1.807, 2.05) is 0 Å². The van der Waals surface area contributed by atoms with Gasteiger partial charge in [-0.3, -0.25) is 0 Å². The van der Waals surface area contributed by atoms with Crippen LogP contribution in [0.2, 0.25) is 0 Å². The van der Waals surface area contributed by atoms with Crippen LogP contribution in [0.4, 0.5) is 4.39 Å². The van der Waals surface area contributed by atoms with Gasteiger partial charge in [-0.25, -0.2) is 14.0 Å². The molecule has 72 valence electrons. The van der Waals surface area contributed by atoms with Gasteiger partial charge in [0.25, 0.3) is 0 Å². The van der Waals surface area contributed by atoms with Crippen molar-refractivity contribution in [2.75, 3.05) is 7.11 Å². The Morgan fingerprint density at radius 1 is 1.43 bits per heavy atom. The number of rotatable bonds is 2. The highest BCUT2D eigenvalue weighted by atomic mass is 19.1. The Labute approximate surface area is 78.5 Å². The first-order chi connectivity index (χ1) is 6.81. The molecule has 2 rings (SSSR count). The smallest absolute Gasteiger partial charge is 0.215 e. The predicted molar refractivity (Wildman–Crippen MR) is 44.0 cm³/mol. The van der Waals surface area contributed by atoms with Crippen molar-refractivity contribution in [1.29, 1.82) is 0 Å². The van der Waals surface area contributed by atoms with E-state index < -0.39 is 5.82 Å². The van der Waals surface area contributed by atoms with Crippen LogP contribution in [-0.4, -0.2) is 22.4 Å². The second-order valence-electron chi connectivity index (χ2n) is 2.50. The fraction of sp³-hybridized carbons (Fsp3) is 0.125. The van der Waals surface area contributed by atoms with Crippen molar-refractivity contribution < 1.29 is 13.8 Å². The van der Waals surface area contributed by atoms with Crippen LogP contribution < -0.4 is 4.74 Å². The minimum atomic E-state index is -0.479. The van der Waals surface area contributed by atoms with Crippen LogP contribution in [0, 0.1) is 5.82 Å². The minimum Gasteiger partial charge on any atom is -0.481 e. The molecule has 2 aromatic rings. The molecule has 0 saturated heterocycles. The lowest BCUT2D eigenvalue weighted by molar-refractivity contribution is 0.308. The molecule has 6 heteroatoms. The molecule has 0 atom stereocenters. The SMILES string of the molecule is COc1cc(F)c(-c2cnon2)cn1. The lowest BCUT2D eigenvalue weighted by Gasteiger charge is -2.00. The lowest BCUT2D eigenvalue weighted by atomic mass is 10.2. The van der Waals surface area contributed by atoms with E-state index in [0.717, 1.165) is 0 Å². The molecule has 5 nitrogen and oxygen atoms in total. The van der Waals surface area contributed by atoms with Gasteiger partial charge in [-0.05, 0) is 5.16 Å². The molecule has 0 N–H and O–H groups in total. The lowest BCUT2D eigenvalue weighted by Crippen LogP contribution is -1.91. The Hall–Kier alpha value is -1.98. The molecule has 0 radical (unpaired) electrons. The fourth-order valence-electron chi connectivity index (χ4n) is 0.997. The highest BCUT2D eigenvalue weighted by Crippen LogP contribution is 2.21. The quantitative estimate of drug-likeness (QED) is 0.722. The highest BCUT2D eigenvalue weighted by Gasteiger charge is 2.10. The minimum absolute atomic E-state index is 0.211. The molecule has 2 aromatic heterocycles. The van der Waals surface area contributed by atoms with Gasteiger partial charge in [-0.15, -0.1) is 0 Å². The molecule has 14 heavy (non-hydrogen) atoms. The molecule has 2 heterocycles. The average molecular weight is 195 g/mol. The molecular weight excluding hydrogens is 189 g/mol. The Bertz CT molecular complexity index is 430. The zero-order valence-electron chi connectivity index (χ0n) is 7.27. The topological polar surface area (TPSA) is 61.0 Å². The highest BCUT2D eigenvalue weighted by molar-refractivity contribution is 5.57. The number of nitrogens with zero attached hydrogens (tertiary/aromatic N) is 3. The summed E-state index contributed by atoms with van der Waals surface area (Å²) in [6, 6.07) is 1.17. The standard InChI is InChI=1S/C8H6FN3O2/c1-13-8-2-6(9)5(3-10-8)7-4-11-14-12-7/h2-4H,1H3. The molecule has 0 bridgehead atoms. The first-order valence-corrected chi connectivity index (χ1v) is 3.78. The third kappa shape index (κ3) is 1.41. The van der Waals surface area contributed by atoms with Crippen molar-refractivity contribution in [2.45, 2.75) is 0 Å². The summed E-state index contributed by atoms with van der Waals surface area (Å²) in [7, 11) is 1.42. The van der Waals surface area contributed by atoms with Gasteiger partial charge in [0, 0.05) is 12.3 Å². The van der Waals surface area contributed by atoms with Gasteiger partial charge < -0.3 is 4.74 Å². The largest absolute Gasteiger partial charge is 0.481 e. The number of methoxy groups -OCH3 is 1. The molecule has 0 aliphatic carbocycles. The molecule has 0 unspecified atom stereocenters. The van der Waals surface area contributed by atoms with Crippen LogP contribution in [-0.2, 0) is 0 Å². The van der Waals surface area contributed by atoms with Gasteiger partial charge in [0.2, 0.25) is 5.88 Å². The molecule has 0 spiro atoms. The summed E-state index contributed by atoms with van der Waals surface area (Å²) in [5.41, 5.74) is 0.532. The molecular formula is C8H6FN3O2. The number of halogens is 1. The summed E-state index contributed by atoms with van der Waals surface area (Å²) in [6.07, 6.45) is 2.63. The third-order valence-electron chi connectivity index (χ3n) is 1.67. The van der Waals surface area contributed by atoms with Gasteiger partial charge >= 0.3 is 0 Å². The molecule has 0 aliphatic rings. The van der Waals surface area contributed by atoms with E-state index in [1.165, 1.54) is 25.6 Å². The van der Waals surface area contributed by atoms with E-state index in [0.29, 0.717) is 5.69 Å². The first-order valence-electron chi connectivity index (χ1n) is 3.78. The Morgan fingerprint density at radius 2 is 2.29 bits per heavy atom. The predicted octanol–water partition coefficient (Wildman–Crippen LogP) is 1.28. The van der Waals surface area contributed by atoms with Gasteiger partial charge in [-0.2, -0.15) is 0 Å². The fourth-order valence-corrected chi connectivity index (χ4v) is 0.997. The zero-order valence-corrected chi connectivity index (χ0v) is 7.27. The van der Waals surface area contributed by atoms with Gasteiger partial charge in [0.15, 0.2) is 0 Å².